The Morgan fingerprint density at radius 3 is 2.71 bits per heavy atom. The summed E-state index contributed by atoms with van der Waals surface area (Å²) in [6.07, 6.45) is 0.657. The first-order chi connectivity index (χ1) is 10.1. The number of para-hydroxylation sites is 1. The van der Waals surface area contributed by atoms with Gasteiger partial charge >= 0.3 is 0 Å². The molecule has 0 bridgehead atoms. The number of hydrogen-bond acceptors (Lipinski definition) is 2. The van der Waals surface area contributed by atoms with Gasteiger partial charge in [0.2, 0.25) is 5.91 Å². The molecule has 21 heavy (non-hydrogen) atoms. The second kappa shape index (κ2) is 5.87. The highest BCUT2D eigenvalue weighted by atomic mass is 79.9. The van der Waals surface area contributed by atoms with Gasteiger partial charge in [0.1, 0.15) is 6.04 Å². The van der Waals surface area contributed by atoms with Crippen LogP contribution in [0.25, 0.3) is 0 Å². The summed E-state index contributed by atoms with van der Waals surface area (Å²) in [5, 5.41) is 6.73. The molecule has 1 atom stereocenters. The van der Waals surface area contributed by atoms with Crippen molar-refractivity contribution < 1.29 is 4.79 Å². The molecule has 3 nitrogen and oxygen atoms in total. The first kappa shape index (κ1) is 14.7. The lowest BCUT2D eigenvalue weighted by Crippen LogP contribution is -2.32. The second-order valence-corrected chi connectivity index (χ2v) is 6.38. The topological polar surface area (TPSA) is 41.1 Å². The SMILES string of the molecule is O=C(Nc1ccc(Br)c(Cl)c1Cl)C1Cc2ccccc2N1. The van der Waals surface area contributed by atoms with E-state index in [1.54, 1.807) is 12.1 Å². The molecule has 2 N–H and O–H groups in total. The quantitative estimate of drug-likeness (QED) is 0.733. The molecule has 0 aromatic heterocycles. The Bertz CT molecular complexity index is 696. The van der Waals surface area contributed by atoms with Crippen LogP contribution in [0.2, 0.25) is 10.0 Å². The van der Waals surface area contributed by atoms with Crippen LogP contribution >= 0.6 is 39.1 Å². The van der Waals surface area contributed by atoms with Crippen molar-refractivity contribution in [2.75, 3.05) is 10.6 Å². The summed E-state index contributed by atoms with van der Waals surface area (Å²) in [6, 6.07) is 11.1. The molecule has 0 saturated carbocycles. The molecule has 1 amide bonds. The van der Waals surface area contributed by atoms with Gasteiger partial charge in [-0.2, -0.15) is 0 Å². The van der Waals surface area contributed by atoms with Crippen LogP contribution in [0, 0.1) is 0 Å². The third kappa shape index (κ3) is 2.89. The molecule has 0 radical (unpaired) electrons. The average Bonchev–Trinajstić information content (AvgIpc) is 2.92. The van der Waals surface area contributed by atoms with Crippen LogP contribution in [0.15, 0.2) is 40.9 Å². The van der Waals surface area contributed by atoms with Crippen molar-refractivity contribution in [3.8, 4) is 0 Å². The maximum atomic E-state index is 12.3. The van der Waals surface area contributed by atoms with Gasteiger partial charge in [0.25, 0.3) is 0 Å². The Hall–Kier alpha value is -1.23. The highest BCUT2D eigenvalue weighted by molar-refractivity contribution is 9.10. The summed E-state index contributed by atoms with van der Waals surface area (Å²) in [5.74, 6) is -0.133. The van der Waals surface area contributed by atoms with E-state index in [0.717, 1.165) is 11.3 Å². The lowest BCUT2D eigenvalue weighted by Gasteiger charge is -2.14. The number of fused-ring (bicyclic) bond motifs is 1. The first-order valence-electron chi connectivity index (χ1n) is 6.35. The molecule has 1 aliphatic rings. The van der Waals surface area contributed by atoms with Gasteiger partial charge < -0.3 is 10.6 Å². The zero-order chi connectivity index (χ0) is 15.0. The van der Waals surface area contributed by atoms with Crippen LogP contribution < -0.4 is 10.6 Å². The molecule has 1 unspecified atom stereocenters. The number of carbonyl (C=O) groups excluding carboxylic acids is 1. The average molecular weight is 386 g/mol. The molecular formula is C15H11BrCl2N2O. The fourth-order valence-electron chi connectivity index (χ4n) is 2.30. The predicted molar refractivity (Wildman–Crippen MR) is 90.3 cm³/mol. The van der Waals surface area contributed by atoms with E-state index in [1.807, 2.05) is 24.3 Å². The molecular weight excluding hydrogens is 375 g/mol. The molecule has 2 aromatic rings. The fraction of sp³-hybridized carbons (Fsp3) is 0.133. The smallest absolute Gasteiger partial charge is 0.247 e. The predicted octanol–water partition coefficient (Wildman–Crippen LogP) is 4.73. The molecule has 3 rings (SSSR count). The van der Waals surface area contributed by atoms with Gasteiger partial charge in [0.05, 0.1) is 15.7 Å². The van der Waals surface area contributed by atoms with Gasteiger partial charge in [-0.25, -0.2) is 0 Å². The molecule has 6 heteroatoms. The van der Waals surface area contributed by atoms with Crippen LogP contribution in [-0.2, 0) is 11.2 Å². The molecule has 0 fully saturated rings. The Morgan fingerprint density at radius 1 is 1.19 bits per heavy atom. The number of rotatable bonds is 2. The number of amides is 1. The van der Waals surface area contributed by atoms with Crippen LogP contribution in [-0.4, -0.2) is 11.9 Å². The first-order valence-corrected chi connectivity index (χ1v) is 7.90. The Kier molecular flexibility index (Phi) is 4.11. The highest BCUT2D eigenvalue weighted by Crippen LogP contribution is 2.36. The lowest BCUT2D eigenvalue weighted by molar-refractivity contribution is -0.116. The largest absolute Gasteiger partial charge is 0.373 e. The lowest BCUT2D eigenvalue weighted by atomic mass is 10.1. The second-order valence-electron chi connectivity index (χ2n) is 4.77. The number of benzene rings is 2. The van der Waals surface area contributed by atoms with Crippen LogP contribution in [0.4, 0.5) is 11.4 Å². The molecule has 0 saturated heterocycles. The summed E-state index contributed by atoms with van der Waals surface area (Å²) in [6.45, 7) is 0. The van der Waals surface area contributed by atoms with Gasteiger partial charge in [0, 0.05) is 16.6 Å². The van der Waals surface area contributed by atoms with Crippen molar-refractivity contribution in [2.24, 2.45) is 0 Å². The summed E-state index contributed by atoms with van der Waals surface area (Å²) in [7, 11) is 0. The third-order valence-corrected chi connectivity index (χ3v) is 5.15. The van der Waals surface area contributed by atoms with E-state index < -0.39 is 0 Å². The van der Waals surface area contributed by atoms with Crippen LogP contribution in [0.1, 0.15) is 5.56 Å². The Morgan fingerprint density at radius 2 is 1.95 bits per heavy atom. The van der Waals surface area contributed by atoms with Gasteiger partial charge in [-0.15, -0.1) is 0 Å². The van der Waals surface area contributed by atoms with E-state index in [4.69, 9.17) is 23.2 Å². The fourth-order valence-corrected chi connectivity index (χ4v) is 3.12. The van der Waals surface area contributed by atoms with Gasteiger partial charge in [-0.1, -0.05) is 41.4 Å². The third-order valence-electron chi connectivity index (χ3n) is 3.38. The minimum atomic E-state index is -0.305. The Balaban J connectivity index is 1.76. The minimum absolute atomic E-state index is 0.133. The van der Waals surface area contributed by atoms with Crippen LogP contribution in [0.5, 0.6) is 0 Å². The number of carbonyl (C=O) groups is 1. The summed E-state index contributed by atoms with van der Waals surface area (Å²) >= 11 is 15.5. The maximum absolute atomic E-state index is 12.3. The van der Waals surface area contributed by atoms with E-state index >= 15 is 0 Å². The number of hydrogen-bond donors (Lipinski definition) is 2. The number of anilines is 2. The van der Waals surface area contributed by atoms with Crippen molar-refractivity contribution in [3.63, 3.8) is 0 Å². The van der Waals surface area contributed by atoms with E-state index in [2.05, 4.69) is 26.6 Å². The molecule has 1 aliphatic heterocycles. The van der Waals surface area contributed by atoms with Gasteiger partial charge in [0.15, 0.2) is 0 Å². The Labute approximate surface area is 140 Å². The summed E-state index contributed by atoms with van der Waals surface area (Å²) in [5.41, 5.74) is 2.64. The molecule has 2 aromatic carbocycles. The molecule has 108 valence electrons. The van der Waals surface area contributed by atoms with E-state index in [0.29, 0.717) is 26.6 Å². The standard InChI is InChI=1S/C15H11BrCl2N2O/c16-9-5-6-11(14(18)13(9)17)20-15(21)12-7-8-3-1-2-4-10(8)19-12/h1-6,12,19H,7H2,(H,20,21). The van der Waals surface area contributed by atoms with Crippen molar-refractivity contribution in [1.82, 2.24) is 0 Å². The van der Waals surface area contributed by atoms with Crippen molar-refractivity contribution in [3.05, 3.63) is 56.5 Å². The van der Waals surface area contributed by atoms with Crippen molar-refractivity contribution in [1.29, 1.82) is 0 Å². The number of halogens is 3. The van der Waals surface area contributed by atoms with Crippen LogP contribution in [0.3, 0.4) is 0 Å². The monoisotopic (exact) mass is 384 g/mol. The van der Waals surface area contributed by atoms with Crippen molar-refractivity contribution >= 4 is 56.4 Å². The molecule has 1 heterocycles. The summed E-state index contributed by atoms with van der Waals surface area (Å²) < 4.78 is 0.693. The highest BCUT2D eigenvalue weighted by Gasteiger charge is 2.26. The molecule has 0 aliphatic carbocycles. The van der Waals surface area contributed by atoms with E-state index in [9.17, 15) is 4.79 Å². The minimum Gasteiger partial charge on any atom is -0.373 e. The van der Waals surface area contributed by atoms with Gasteiger partial charge in [-0.05, 0) is 39.7 Å². The van der Waals surface area contributed by atoms with E-state index in [1.165, 1.54) is 0 Å². The van der Waals surface area contributed by atoms with Gasteiger partial charge in [-0.3, -0.25) is 4.79 Å². The van der Waals surface area contributed by atoms with E-state index in [-0.39, 0.29) is 11.9 Å². The number of nitrogens with one attached hydrogen (secondary N) is 2. The summed E-state index contributed by atoms with van der Waals surface area (Å²) in [4.78, 5) is 12.3. The normalized spacial score (nSPS) is 16.2. The zero-order valence-corrected chi connectivity index (χ0v) is 13.9. The zero-order valence-electron chi connectivity index (χ0n) is 10.8. The molecule has 0 spiro atoms. The maximum Gasteiger partial charge on any atom is 0.247 e. The van der Waals surface area contributed by atoms with Crippen molar-refractivity contribution in [2.45, 2.75) is 12.5 Å².